The molecule has 0 aromatic heterocycles. The molecule has 0 aliphatic heterocycles. The summed E-state index contributed by atoms with van der Waals surface area (Å²) in [6.45, 7) is 4.35. The smallest absolute Gasteiger partial charge is 0.396 e. The average Bonchev–Trinajstić information content (AvgIpc) is 2.14. The molecule has 1 saturated carbocycles. The van der Waals surface area contributed by atoms with Gasteiger partial charge < -0.3 is 10.1 Å². The molecular weight excluding hydrogens is 194 g/mol. The van der Waals surface area contributed by atoms with Gasteiger partial charge in [0, 0.05) is 6.04 Å². The van der Waals surface area contributed by atoms with Crippen molar-refractivity contribution < 1.29 is 14.3 Å². The fourth-order valence-electron chi connectivity index (χ4n) is 2.40. The maximum Gasteiger partial charge on any atom is 0.396 e. The highest BCUT2D eigenvalue weighted by Gasteiger charge is 2.26. The van der Waals surface area contributed by atoms with E-state index in [1.165, 1.54) is 13.5 Å². The summed E-state index contributed by atoms with van der Waals surface area (Å²) in [5.41, 5.74) is 0. The van der Waals surface area contributed by atoms with Crippen LogP contribution in [-0.2, 0) is 14.3 Å². The van der Waals surface area contributed by atoms with Gasteiger partial charge in [0.1, 0.15) is 0 Å². The Bertz CT molecular complexity index is 242. The molecule has 1 fully saturated rings. The van der Waals surface area contributed by atoms with E-state index in [4.69, 9.17) is 0 Å². The molecule has 0 heterocycles. The molecule has 2 atom stereocenters. The van der Waals surface area contributed by atoms with Crippen molar-refractivity contribution in [2.75, 3.05) is 7.11 Å². The van der Waals surface area contributed by atoms with Gasteiger partial charge in [-0.3, -0.25) is 4.79 Å². The zero-order valence-electron chi connectivity index (χ0n) is 9.58. The highest BCUT2D eigenvalue weighted by Crippen LogP contribution is 2.28. The molecule has 0 radical (unpaired) electrons. The van der Waals surface area contributed by atoms with Crippen LogP contribution in [0.1, 0.15) is 33.1 Å². The van der Waals surface area contributed by atoms with Crippen LogP contribution in [0.2, 0.25) is 0 Å². The van der Waals surface area contributed by atoms with Crippen LogP contribution in [-0.4, -0.2) is 25.0 Å². The first kappa shape index (κ1) is 12.0. The zero-order chi connectivity index (χ0) is 11.4. The number of hydrogen-bond acceptors (Lipinski definition) is 3. The first-order valence-corrected chi connectivity index (χ1v) is 5.41. The number of rotatable bonds is 1. The number of esters is 1. The van der Waals surface area contributed by atoms with Crippen LogP contribution in [0, 0.1) is 11.8 Å². The Hall–Kier alpha value is -1.06. The molecule has 4 nitrogen and oxygen atoms in total. The maximum absolute atomic E-state index is 11.3. The lowest BCUT2D eigenvalue weighted by atomic mass is 9.80. The molecule has 1 aliphatic rings. The third-order valence-corrected chi connectivity index (χ3v) is 2.88. The SMILES string of the molecule is COC(=O)C(=O)NC1CC(C)CC(C)C1. The second-order valence-corrected chi connectivity index (χ2v) is 4.58. The molecule has 1 aliphatic carbocycles. The number of ether oxygens (including phenoxy) is 1. The molecule has 0 spiro atoms. The van der Waals surface area contributed by atoms with Gasteiger partial charge in [0.2, 0.25) is 0 Å². The fraction of sp³-hybridized carbons (Fsp3) is 0.818. The van der Waals surface area contributed by atoms with Crippen LogP contribution in [0.4, 0.5) is 0 Å². The Morgan fingerprint density at radius 1 is 1.13 bits per heavy atom. The van der Waals surface area contributed by atoms with E-state index in [9.17, 15) is 9.59 Å². The van der Waals surface area contributed by atoms with Crippen molar-refractivity contribution in [3.63, 3.8) is 0 Å². The first-order valence-electron chi connectivity index (χ1n) is 5.41. The second kappa shape index (κ2) is 5.14. The molecule has 15 heavy (non-hydrogen) atoms. The monoisotopic (exact) mass is 213 g/mol. The van der Waals surface area contributed by atoms with Gasteiger partial charge in [0.05, 0.1) is 7.11 Å². The molecule has 2 unspecified atom stereocenters. The number of methoxy groups -OCH3 is 1. The van der Waals surface area contributed by atoms with Crippen molar-refractivity contribution in [2.24, 2.45) is 11.8 Å². The molecule has 4 heteroatoms. The van der Waals surface area contributed by atoms with Gasteiger partial charge in [-0.1, -0.05) is 13.8 Å². The quantitative estimate of drug-likeness (QED) is 0.524. The minimum Gasteiger partial charge on any atom is -0.462 e. The summed E-state index contributed by atoms with van der Waals surface area (Å²) in [6.07, 6.45) is 3.10. The van der Waals surface area contributed by atoms with Gasteiger partial charge >= 0.3 is 11.9 Å². The van der Waals surface area contributed by atoms with Crippen LogP contribution in [0.15, 0.2) is 0 Å². The Labute approximate surface area is 90.4 Å². The fourth-order valence-corrected chi connectivity index (χ4v) is 2.40. The molecule has 0 aromatic rings. The van der Waals surface area contributed by atoms with Gasteiger partial charge in [-0.2, -0.15) is 0 Å². The summed E-state index contributed by atoms with van der Waals surface area (Å²) in [5.74, 6) is -0.210. The van der Waals surface area contributed by atoms with Crippen molar-refractivity contribution in [1.29, 1.82) is 0 Å². The largest absolute Gasteiger partial charge is 0.462 e. The van der Waals surface area contributed by atoms with Crippen molar-refractivity contribution >= 4 is 11.9 Å². The molecule has 0 saturated heterocycles. The number of nitrogens with one attached hydrogen (secondary N) is 1. The third-order valence-electron chi connectivity index (χ3n) is 2.88. The van der Waals surface area contributed by atoms with Crippen LogP contribution in [0.5, 0.6) is 0 Å². The Morgan fingerprint density at radius 2 is 1.67 bits per heavy atom. The first-order chi connectivity index (χ1) is 7.02. The summed E-state index contributed by atoms with van der Waals surface area (Å²) >= 11 is 0. The minimum absolute atomic E-state index is 0.121. The van der Waals surface area contributed by atoms with Gasteiger partial charge in [-0.05, 0) is 31.1 Å². The average molecular weight is 213 g/mol. The van der Waals surface area contributed by atoms with E-state index in [2.05, 4.69) is 23.9 Å². The van der Waals surface area contributed by atoms with Crippen LogP contribution in [0.25, 0.3) is 0 Å². The van der Waals surface area contributed by atoms with Crippen molar-refractivity contribution in [1.82, 2.24) is 5.32 Å². The van der Waals surface area contributed by atoms with E-state index < -0.39 is 11.9 Å². The highest BCUT2D eigenvalue weighted by molar-refractivity contribution is 6.32. The molecule has 0 aromatic carbocycles. The lowest BCUT2D eigenvalue weighted by Crippen LogP contribution is -2.43. The topological polar surface area (TPSA) is 55.4 Å². The van der Waals surface area contributed by atoms with Crippen LogP contribution < -0.4 is 5.32 Å². The number of carbonyl (C=O) groups is 2. The van der Waals surface area contributed by atoms with E-state index in [1.807, 2.05) is 0 Å². The number of amides is 1. The summed E-state index contributed by atoms with van der Waals surface area (Å²) in [5, 5.41) is 2.72. The number of hydrogen-bond donors (Lipinski definition) is 1. The second-order valence-electron chi connectivity index (χ2n) is 4.58. The van der Waals surface area contributed by atoms with Crippen molar-refractivity contribution in [3.05, 3.63) is 0 Å². The lowest BCUT2D eigenvalue weighted by Gasteiger charge is -2.31. The predicted octanol–water partition coefficient (Wildman–Crippen LogP) is 1.10. The molecular formula is C11H19NO3. The van der Waals surface area contributed by atoms with Crippen molar-refractivity contribution in [3.8, 4) is 0 Å². The van der Waals surface area contributed by atoms with Crippen molar-refractivity contribution in [2.45, 2.75) is 39.2 Å². The minimum atomic E-state index is -0.805. The summed E-state index contributed by atoms with van der Waals surface area (Å²) in [4.78, 5) is 22.2. The molecule has 0 bridgehead atoms. The van der Waals surface area contributed by atoms with E-state index >= 15 is 0 Å². The highest BCUT2D eigenvalue weighted by atomic mass is 16.5. The normalized spacial score (nSPS) is 30.7. The van der Waals surface area contributed by atoms with Gasteiger partial charge in [-0.15, -0.1) is 0 Å². The third kappa shape index (κ3) is 3.53. The lowest BCUT2D eigenvalue weighted by molar-refractivity contribution is -0.153. The van der Waals surface area contributed by atoms with Crippen LogP contribution in [0.3, 0.4) is 0 Å². The molecule has 1 amide bonds. The zero-order valence-corrected chi connectivity index (χ0v) is 9.58. The summed E-state index contributed by atoms with van der Waals surface area (Å²) in [7, 11) is 1.22. The van der Waals surface area contributed by atoms with E-state index in [-0.39, 0.29) is 6.04 Å². The van der Waals surface area contributed by atoms with Gasteiger partial charge in [0.25, 0.3) is 0 Å². The molecule has 1 rings (SSSR count). The maximum atomic E-state index is 11.3. The van der Waals surface area contributed by atoms with E-state index in [1.54, 1.807) is 0 Å². The molecule has 1 N–H and O–H groups in total. The Balaban J connectivity index is 2.44. The summed E-state index contributed by atoms with van der Waals surface area (Å²) in [6, 6.07) is 0.121. The Morgan fingerprint density at radius 3 is 2.13 bits per heavy atom. The van der Waals surface area contributed by atoms with E-state index in [0.717, 1.165) is 12.8 Å². The standard InChI is InChI=1S/C11H19NO3/c1-7-4-8(2)6-9(5-7)12-10(13)11(14)15-3/h7-9H,4-6H2,1-3H3,(H,12,13). The predicted molar refractivity (Wildman–Crippen MR) is 56.1 cm³/mol. The van der Waals surface area contributed by atoms with Crippen LogP contribution >= 0.6 is 0 Å². The molecule has 86 valence electrons. The number of carbonyl (C=O) groups excluding carboxylic acids is 2. The van der Waals surface area contributed by atoms with E-state index in [0.29, 0.717) is 11.8 Å². The Kier molecular flexibility index (Phi) is 4.12. The van der Waals surface area contributed by atoms with Gasteiger partial charge in [-0.25, -0.2) is 4.79 Å². The van der Waals surface area contributed by atoms with Gasteiger partial charge in [0.15, 0.2) is 0 Å². The summed E-state index contributed by atoms with van der Waals surface area (Å²) < 4.78 is 4.36.